The second-order valence-electron chi connectivity index (χ2n) is 26.1. The number of aliphatic hydroxyl groups excluding tert-OH is 1. The van der Waals surface area contributed by atoms with Crippen LogP contribution in [0.15, 0.2) is 91.0 Å². The van der Waals surface area contributed by atoms with Crippen LogP contribution in [0, 0.1) is 23.7 Å². The highest BCUT2D eigenvalue weighted by Crippen LogP contribution is 2.85. The molecule has 3 heterocycles. The summed E-state index contributed by atoms with van der Waals surface area (Å²) in [4.78, 5) is 45.5. The number of hydrogen-bond donors (Lipinski definition) is 5. The van der Waals surface area contributed by atoms with E-state index in [0.29, 0.717) is 19.5 Å². The van der Waals surface area contributed by atoms with Crippen molar-refractivity contribution < 1.29 is 68.0 Å². The number of alkyl carbamates (subject to hydrolysis) is 1. The lowest BCUT2D eigenvalue weighted by Crippen LogP contribution is -2.61. The van der Waals surface area contributed by atoms with Gasteiger partial charge in [0.15, 0.2) is 18.7 Å². The first-order valence-corrected chi connectivity index (χ1v) is 37.7. The summed E-state index contributed by atoms with van der Waals surface area (Å²) in [5, 5.41) is 54.4. The number of carbonyl (C=O) groups is 3. The van der Waals surface area contributed by atoms with Crippen LogP contribution in [0.2, 0.25) is 0 Å². The Morgan fingerprint density at radius 3 is 1.90 bits per heavy atom. The molecular formula is C67H105BrN3O14P2+. The summed E-state index contributed by atoms with van der Waals surface area (Å²) < 4.78 is 45.3. The Kier molecular flexibility index (Phi) is 27.5. The van der Waals surface area contributed by atoms with Crippen molar-refractivity contribution in [2.24, 2.45) is 23.7 Å². The molecule has 0 saturated carbocycles. The summed E-state index contributed by atoms with van der Waals surface area (Å²) in [5.74, 6) is -4.63. The predicted octanol–water partition coefficient (Wildman–Crippen LogP) is 10.4. The summed E-state index contributed by atoms with van der Waals surface area (Å²) in [6, 6.07) is 32.1. The Hall–Kier alpha value is -3.19. The van der Waals surface area contributed by atoms with Crippen LogP contribution in [0.5, 0.6) is 0 Å². The number of carbonyl (C=O) groups excluding carboxylic acids is 2. The molecule has 3 aromatic carbocycles. The first kappa shape index (κ1) is 72.9. The zero-order chi connectivity index (χ0) is 64.0. The fraction of sp³-hybridized carbons (Fsp3) is 0.687. The van der Waals surface area contributed by atoms with Crippen molar-refractivity contribution in [2.45, 2.75) is 224 Å². The number of aliphatic hydroxyl groups is 3. The Balaban J connectivity index is 1.18. The van der Waals surface area contributed by atoms with Crippen LogP contribution in [-0.4, -0.2) is 180 Å². The van der Waals surface area contributed by atoms with Gasteiger partial charge in [-0.1, -0.05) is 101 Å². The molecule has 3 saturated heterocycles. The molecule has 17 nitrogen and oxygen atoms in total. The lowest BCUT2D eigenvalue weighted by Gasteiger charge is -2.49. The van der Waals surface area contributed by atoms with Gasteiger partial charge in [-0.3, -0.25) is 14.5 Å². The van der Waals surface area contributed by atoms with E-state index in [0.717, 1.165) is 44.7 Å². The summed E-state index contributed by atoms with van der Waals surface area (Å²) in [7, 11) is 7.16. The number of esters is 1. The van der Waals surface area contributed by atoms with Crippen molar-refractivity contribution in [3.05, 3.63) is 91.0 Å². The molecule has 3 fully saturated rings. The minimum absolute atomic E-state index is 0.0760. The van der Waals surface area contributed by atoms with Gasteiger partial charge in [0.05, 0.1) is 48.0 Å². The van der Waals surface area contributed by atoms with Crippen LogP contribution < -0.4 is 21.2 Å². The summed E-state index contributed by atoms with van der Waals surface area (Å²) in [5.41, 5.74) is -4.69. The summed E-state index contributed by atoms with van der Waals surface area (Å²) in [6.07, 6.45) is -2.50. The van der Waals surface area contributed by atoms with E-state index in [1.165, 1.54) is 29.9 Å². The van der Waals surface area contributed by atoms with Crippen molar-refractivity contribution in [3.63, 3.8) is 0 Å². The molecule has 3 aliphatic rings. The van der Waals surface area contributed by atoms with Gasteiger partial charge >= 0.3 is 18.0 Å². The maximum absolute atomic E-state index is 15.0. The highest BCUT2D eigenvalue weighted by molar-refractivity contribution is 9.46. The molecule has 1 unspecified atom stereocenters. The number of rotatable bonds is 23. The molecule has 0 aliphatic carbocycles. The molecule has 6 rings (SSSR count). The third-order valence-corrected chi connectivity index (χ3v) is 33.2. The SMILES string of the molecule is CC[C@H]1OC(=O)[C@H](C)[C@@H](O[C@H]2C[C@@](C)(OC)[C@@H](O)[C@H](C)O2)[C@H](C)[C@@H](O[C@@H]2O[C@H](C)C[C@H](N(C)C)[C@H]2CC(=O)O)[C@](C)(O)C[C@@H](C)CN(C)[C@H](C)[C@@H](OC(=O)NCCCCCCCCP(Br)[P+](c2ccccc2)(c2ccccc2)c2ccccc2)[C@]1(C)O. The fourth-order valence-corrected chi connectivity index (χ4v) is 28.6. The highest BCUT2D eigenvalue weighted by atomic mass is 79.9. The van der Waals surface area contributed by atoms with Gasteiger partial charge in [-0.2, -0.15) is 0 Å². The van der Waals surface area contributed by atoms with E-state index in [2.05, 4.69) is 112 Å². The molecular weight excluding hydrogens is 1210 g/mol. The lowest BCUT2D eigenvalue weighted by atomic mass is 9.77. The van der Waals surface area contributed by atoms with Crippen LogP contribution in [0.3, 0.4) is 0 Å². The molecule has 0 spiro atoms. The molecule has 3 aromatic rings. The zero-order valence-electron chi connectivity index (χ0n) is 54.3. The van der Waals surface area contributed by atoms with E-state index in [-0.39, 0.29) is 43.7 Å². The monoisotopic (exact) mass is 1320 g/mol. The number of aliphatic carboxylic acids is 1. The van der Waals surface area contributed by atoms with Crippen LogP contribution in [0.1, 0.15) is 140 Å². The number of methoxy groups -OCH3 is 1. The molecule has 0 aromatic heterocycles. The van der Waals surface area contributed by atoms with Crippen LogP contribution in [0.25, 0.3) is 0 Å². The lowest BCUT2D eigenvalue weighted by molar-refractivity contribution is -0.313. The molecule has 19 atom stereocenters. The van der Waals surface area contributed by atoms with Crippen molar-refractivity contribution in [2.75, 3.05) is 47.5 Å². The van der Waals surface area contributed by atoms with Gasteiger partial charge < -0.3 is 63.8 Å². The number of unbranched alkanes of at least 4 members (excludes halogenated alkanes) is 5. The van der Waals surface area contributed by atoms with E-state index in [1.54, 1.807) is 34.6 Å². The maximum Gasteiger partial charge on any atom is 0.407 e. The molecule has 1 amide bonds. The number of halogens is 1. The largest absolute Gasteiger partial charge is 0.481 e. The molecule has 488 valence electrons. The number of nitrogens with one attached hydrogen (secondary N) is 1. The number of carboxylic acids is 1. The quantitative estimate of drug-likeness (QED) is 0.0339. The average molecular weight is 1320 g/mol. The van der Waals surface area contributed by atoms with E-state index in [4.69, 9.17) is 33.2 Å². The van der Waals surface area contributed by atoms with Gasteiger partial charge in [0.2, 0.25) is 0 Å². The predicted molar refractivity (Wildman–Crippen MR) is 350 cm³/mol. The summed E-state index contributed by atoms with van der Waals surface area (Å²) in [6.45, 7) is 16.4. The van der Waals surface area contributed by atoms with Crippen molar-refractivity contribution in [1.82, 2.24) is 15.1 Å². The van der Waals surface area contributed by atoms with E-state index >= 15 is 0 Å². The van der Waals surface area contributed by atoms with Gasteiger partial charge in [-0.05, 0) is 160 Å². The number of amides is 1. The fourth-order valence-electron chi connectivity index (χ4n) is 13.9. The summed E-state index contributed by atoms with van der Waals surface area (Å²) >= 11 is 4.36. The first-order valence-electron chi connectivity index (χ1n) is 31.7. The highest BCUT2D eigenvalue weighted by Gasteiger charge is 2.55. The Morgan fingerprint density at radius 1 is 0.816 bits per heavy atom. The van der Waals surface area contributed by atoms with E-state index < -0.39 is 121 Å². The molecule has 20 heteroatoms. The smallest absolute Gasteiger partial charge is 0.407 e. The van der Waals surface area contributed by atoms with Gasteiger partial charge in [0, 0.05) is 56.7 Å². The maximum atomic E-state index is 15.0. The van der Waals surface area contributed by atoms with Crippen LogP contribution in [0.4, 0.5) is 4.79 Å². The third kappa shape index (κ3) is 18.3. The van der Waals surface area contributed by atoms with Gasteiger partial charge in [0.1, 0.15) is 47.0 Å². The van der Waals surface area contributed by atoms with Gasteiger partial charge in [0.25, 0.3) is 0 Å². The number of nitrogens with zero attached hydrogens (tertiary/aromatic N) is 2. The van der Waals surface area contributed by atoms with E-state index in [1.807, 2.05) is 58.6 Å². The normalized spacial score (nSPS) is 34.7. The number of likely N-dealkylation sites (N-methyl/N-ethyl adjacent to an activating group) is 1. The minimum atomic E-state index is -1.98. The first-order chi connectivity index (χ1) is 41.1. The zero-order valence-corrected chi connectivity index (χ0v) is 57.6. The number of ether oxygens (including phenoxy) is 7. The van der Waals surface area contributed by atoms with Gasteiger partial charge in [-0.15, -0.1) is 0 Å². The third-order valence-electron chi connectivity index (χ3n) is 18.7. The number of carboxylic acid groups (broad SMARTS) is 1. The van der Waals surface area contributed by atoms with E-state index in [9.17, 15) is 34.8 Å². The standard InChI is InChI=1S/C67H104BrN3O14P2/c1-15-55-67(10,78)61(85-64(76)69-37-29-18-16-17-19-30-38-86(68)87(50-31-23-20-24-32-50,51-33-25-21-26-34-51)52-35-27-22-28-36-52)48(6)71(13)43-44(2)41-65(8,77)60(84-63-53(40-56(72)73)54(70(11)12)39-45(3)80-63)46(4)58(47(5)62(75)82-55)83-57-42-66(9,79-14)59(74)49(7)81-57/h20-28,31-36,44-49,53-55,57-61,63,74,77-78H,15-19,29-30,37-43H2,1-14H3,(H-,69,72,73,76)/p+1/t44-,45-,46+,47-,48-,49+,53-,54+,55-,57+,58+,59+,60-,61-,63+,65-,66-,67-,86?/m1/s1. The number of cyclic esters (lactones) is 1. The number of hydrogen-bond acceptors (Lipinski definition) is 15. The van der Waals surface area contributed by atoms with Crippen molar-refractivity contribution >= 4 is 62.7 Å². The molecule has 0 radical (unpaired) electrons. The molecule has 3 aliphatic heterocycles. The van der Waals surface area contributed by atoms with Crippen molar-refractivity contribution in [1.29, 1.82) is 0 Å². The average Bonchev–Trinajstić information content (AvgIpc) is 1.17. The Bertz CT molecular complexity index is 2480. The Morgan fingerprint density at radius 2 is 1.37 bits per heavy atom. The number of benzene rings is 3. The molecule has 5 N–H and O–H groups in total. The van der Waals surface area contributed by atoms with Crippen LogP contribution in [-0.2, 0) is 42.7 Å². The van der Waals surface area contributed by atoms with Crippen molar-refractivity contribution in [3.8, 4) is 0 Å². The Labute approximate surface area is 529 Å². The second-order valence-corrected chi connectivity index (χ2v) is 37.5. The second kappa shape index (κ2) is 32.9. The van der Waals surface area contributed by atoms with Gasteiger partial charge in [-0.25, -0.2) is 4.79 Å². The minimum Gasteiger partial charge on any atom is -0.481 e. The van der Waals surface area contributed by atoms with Crippen LogP contribution >= 0.6 is 28.8 Å². The molecule has 87 heavy (non-hydrogen) atoms. The molecule has 0 bridgehead atoms. The topological polar surface area (TPSA) is 215 Å².